The molecule has 1 aromatic carbocycles. The molecular weight excluding hydrogens is 207 g/mol. The third-order valence-corrected chi connectivity index (χ3v) is 2.75. The van der Waals surface area contributed by atoms with Gasteiger partial charge >= 0.3 is 0 Å². The van der Waals surface area contributed by atoms with Crippen LogP contribution in [-0.2, 0) is 4.84 Å². The molecule has 0 aliphatic heterocycles. The topological polar surface area (TPSA) is 38.5 Å². The van der Waals surface area contributed by atoms with Crippen molar-refractivity contribution in [2.45, 2.75) is 25.4 Å². The van der Waals surface area contributed by atoms with Crippen LogP contribution in [0.3, 0.4) is 0 Å². The molecular formula is C12H19FN2O. The van der Waals surface area contributed by atoms with Crippen LogP contribution in [0.1, 0.15) is 24.9 Å². The first-order valence-corrected chi connectivity index (χ1v) is 5.38. The number of likely N-dealkylation sites (N-methyl/N-ethyl adjacent to an activating group) is 1. The van der Waals surface area contributed by atoms with Crippen molar-refractivity contribution in [2.75, 3.05) is 14.2 Å². The molecule has 0 aromatic heterocycles. The van der Waals surface area contributed by atoms with E-state index in [4.69, 9.17) is 10.6 Å². The minimum atomic E-state index is -0.254. The molecule has 0 amide bonds. The molecule has 0 aliphatic carbocycles. The third kappa shape index (κ3) is 3.01. The van der Waals surface area contributed by atoms with E-state index in [-0.39, 0.29) is 17.9 Å². The molecule has 3 nitrogen and oxygen atoms in total. The summed E-state index contributed by atoms with van der Waals surface area (Å²) >= 11 is 0. The lowest BCUT2D eigenvalue weighted by molar-refractivity contribution is -0.148. The van der Waals surface area contributed by atoms with Crippen LogP contribution < -0.4 is 5.73 Å². The van der Waals surface area contributed by atoms with Gasteiger partial charge in [0.15, 0.2) is 0 Å². The smallest absolute Gasteiger partial charge is 0.123 e. The predicted octanol–water partition coefficient (Wildman–Crippen LogP) is 2.10. The van der Waals surface area contributed by atoms with Crippen LogP contribution in [0.2, 0.25) is 0 Å². The van der Waals surface area contributed by atoms with E-state index in [1.807, 2.05) is 13.0 Å². The Morgan fingerprint density at radius 1 is 1.50 bits per heavy atom. The van der Waals surface area contributed by atoms with Crippen molar-refractivity contribution in [3.8, 4) is 0 Å². The predicted molar refractivity (Wildman–Crippen MR) is 62.2 cm³/mol. The second-order valence-corrected chi connectivity index (χ2v) is 3.80. The average Bonchev–Trinajstić information content (AvgIpc) is 2.29. The van der Waals surface area contributed by atoms with Gasteiger partial charge in [-0.05, 0) is 24.1 Å². The minimum absolute atomic E-state index is 0.0910. The summed E-state index contributed by atoms with van der Waals surface area (Å²) in [5.74, 6) is -0.254. The highest BCUT2D eigenvalue weighted by Gasteiger charge is 2.23. The van der Waals surface area contributed by atoms with Gasteiger partial charge < -0.3 is 10.6 Å². The van der Waals surface area contributed by atoms with Crippen molar-refractivity contribution in [1.82, 2.24) is 5.06 Å². The van der Waals surface area contributed by atoms with Crippen LogP contribution in [0.5, 0.6) is 0 Å². The Bertz CT molecular complexity index is 323. The Morgan fingerprint density at radius 3 is 2.69 bits per heavy atom. The van der Waals surface area contributed by atoms with E-state index < -0.39 is 0 Å². The summed E-state index contributed by atoms with van der Waals surface area (Å²) in [6, 6.07) is 6.24. The molecule has 0 bridgehead atoms. The maximum Gasteiger partial charge on any atom is 0.123 e. The molecule has 0 aliphatic rings. The van der Waals surface area contributed by atoms with Crippen LogP contribution in [0.25, 0.3) is 0 Å². The van der Waals surface area contributed by atoms with Crippen molar-refractivity contribution in [3.05, 3.63) is 35.6 Å². The number of nitrogens with zero attached hydrogens (tertiary/aromatic N) is 1. The van der Waals surface area contributed by atoms with E-state index >= 15 is 0 Å². The molecule has 2 atom stereocenters. The summed E-state index contributed by atoms with van der Waals surface area (Å²) in [7, 11) is 3.37. The summed E-state index contributed by atoms with van der Waals surface area (Å²) in [4.78, 5) is 5.16. The Labute approximate surface area is 96.0 Å². The molecule has 1 rings (SSSR count). The number of rotatable bonds is 5. The number of nitrogens with two attached hydrogens (primary N) is 1. The van der Waals surface area contributed by atoms with Gasteiger partial charge in [-0.25, -0.2) is 4.39 Å². The zero-order valence-electron chi connectivity index (χ0n) is 9.98. The van der Waals surface area contributed by atoms with Crippen LogP contribution in [0.4, 0.5) is 4.39 Å². The zero-order chi connectivity index (χ0) is 12.1. The first-order chi connectivity index (χ1) is 7.60. The normalized spacial score (nSPS) is 15.1. The van der Waals surface area contributed by atoms with Gasteiger partial charge in [-0.1, -0.05) is 19.1 Å². The second kappa shape index (κ2) is 5.94. The van der Waals surface area contributed by atoms with Crippen molar-refractivity contribution < 1.29 is 9.23 Å². The maximum absolute atomic E-state index is 13.2. The Balaban J connectivity index is 3.00. The molecule has 16 heavy (non-hydrogen) atoms. The molecule has 0 saturated heterocycles. The van der Waals surface area contributed by atoms with Gasteiger partial charge in [-0.3, -0.25) is 0 Å². The van der Waals surface area contributed by atoms with Crippen molar-refractivity contribution in [2.24, 2.45) is 5.73 Å². The van der Waals surface area contributed by atoms with Gasteiger partial charge in [-0.2, -0.15) is 5.06 Å². The fourth-order valence-electron chi connectivity index (χ4n) is 1.75. The van der Waals surface area contributed by atoms with Gasteiger partial charge in [0.2, 0.25) is 0 Å². The van der Waals surface area contributed by atoms with Gasteiger partial charge in [0.25, 0.3) is 0 Å². The minimum Gasteiger partial charge on any atom is -0.326 e. The van der Waals surface area contributed by atoms with E-state index in [1.165, 1.54) is 12.1 Å². The molecule has 0 saturated carbocycles. The summed E-state index contributed by atoms with van der Waals surface area (Å²) < 4.78 is 13.2. The van der Waals surface area contributed by atoms with Gasteiger partial charge in [-0.15, -0.1) is 0 Å². The Hall–Kier alpha value is -0.970. The second-order valence-electron chi connectivity index (χ2n) is 3.80. The summed E-state index contributed by atoms with van der Waals surface area (Å²) in [6.45, 7) is 2.00. The van der Waals surface area contributed by atoms with Crippen LogP contribution in [0, 0.1) is 5.82 Å². The van der Waals surface area contributed by atoms with E-state index in [2.05, 4.69) is 0 Å². The molecule has 2 unspecified atom stereocenters. The van der Waals surface area contributed by atoms with E-state index in [9.17, 15) is 4.39 Å². The van der Waals surface area contributed by atoms with E-state index in [1.54, 1.807) is 25.3 Å². The highest BCUT2D eigenvalue weighted by Crippen LogP contribution is 2.24. The highest BCUT2D eigenvalue weighted by atomic mass is 19.1. The van der Waals surface area contributed by atoms with Crippen LogP contribution in [0.15, 0.2) is 24.3 Å². The maximum atomic E-state index is 13.2. The highest BCUT2D eigenvalue weighted by molar-refractivity contribution is 5.21. The summed E-state index contributed by atoms with van der Waals surface area (Å²) in [5, 5.41) is 1.66. The van der Waals surface area contributed by atoms with Crippen molar-refractivity contribution in [1.29, 1.82) is 0 Å². The van der Waals surface area contributed by atoms with Gasteiger partial charge in [0, 0.05) is 13.1 Å². The van der Waals surface area contributed by atoms with Crippen LogP contribution >= 0.6 is 0 Å². The fraction of sp³-hybridized carbons (Fsp3) is 0.500. The molecule has 0 heterocycles. The number of hydrogen-bond donors (Lipinski definition) is 1. The first-order valence-electron chi connectivity index (χ1n) is 5.38. The van der Waals surface area contributed by atoms with Gasteiger partial charge in [0.1, 0.15) is 5.82 Å². The number of benzene rings is 1. The third-order valence-electron chi connectivity index (χ3n) is 2.75. The lowest BCUT2D eigenvalue weighted by Crippen LogP contribution is -2.38. The molecule has 4 heteroatoms. The number of hydrogen-bond acceptors (Lipinski definition) is 3. The number of hydroxylamine groups is 2. The average molecular weight is 226 g/mol. The number of halogens is 1. The lowest BCUT2D eigenvalue weighted by atomic mass is 9.98. The van der Waals surface area contributed by atoms with E-state index in [0.29, 0.717) is 0 Å². The first kappa shape index (κ1) is 13.1. The standard InChI is InChI=1S/C12H19FN2O/c1-4-11(14)12(15(2)16-3)9-6-5-7-10(13)8-9/h5-8,11-12H,4,14H2,1-3H3. The molecule has 90 valence electrons. The quantitative estimate of drug-likeness (QED) is 0.781. The Kier molecular flexibility index (Phi) is 4.86. The van der Waals surface area contributed by atoms with Gasteiger partial charge in [0.05, 0.1) is 13.2 Å². The zero-order valence-corrected chi connectivity index (χ0v) is 9.98. The molecule has 0 spiro atoms. The molecule has 2 N–H and O–H groups in total. The monoisotopic (exact) mass is 226 g/mol. The summed E-state index contributed by atoms with van der Waals surface area (Å²) in [5.41, 5.74) is 6.86. The Morgan fingerprint density at radius 2 is 2.19 bits per heavy atom. The fourth-order valence-corrected chi connectivity index (χ4v) is 1.75. The van der Waals surface area contributed by atoms with Crippen molar-refractivity contribution >= 4 is 0 Å². The SMILES string of the molecule is CCC(N)C(c1cccc(F)c1)N(C)OC. The summed E-state index contributed by atoms with van der Waals surface area (Å²) in [6.07, 6.45) is 0.800. The largest absolute Gasteiger partial charge is 0.326 e. The molecule has 0 fully saturated rings. The van der Waals surface area contributed by atoms with E-state index in [0.717, 1.165) is 12.0 Å². The van der Waals surface area contributed by atoms with Crippen LogP contribution in [-0.4, -0.2) is 25.3 Å². The lowest BCUT2D eigenvalue weighted by Gasteiger charge is -2.30. The molecule has 1 aromatic rings. The van der Waals surface area contributed by atoms with Crippen molar-refractivity contribution in [3.63, 3.8) is 0 Å². The molecule has 0 radical (unpaired) electrons.